The minimum absolute atomic E-state index is 0.0220. The van der Waals surface area contributed by atoms with Gasteiger partial charge in [-0.3, -0.25) is 33.6 Å². The molecule has 0 saturated carbocycles. The molecule has 2 aromatic rings. The Morgan fingerprint density at radius 3 is 2.32 bits per heavy atom. The standard InChI is InChI=1S/C49H70N6O11/c1-7-9-17-37(52-45(60)31(15-10-13-20-44(59)66-6)24-42(57)38-25-33(56)28-51-38)43(58)26-35(30(5)8-2)46(61)53-39(22-29(3)4)48(63)55-21-14-19-41(55)47(62)54-40(49(64)65)23-32-27-50-36-18-12-11-16-34(32)36/h11-13,16,18,20,27,29-31,35,37-41,50-51H,7-10,14-15,17,19,21-26,28H2,1-6H3,(H,52,60)(H,53,61)(H,54,62)(H,64,65)/b20-13+/t30?,31-,35+,37+,38+,39+,40+,41+/m1/s1. The van der Waals surface area contributed by atoms with Gasteiger partial charge in [0.25, 0.3) is 0 Å². The van der Waals surface area contributed by atoms with Gasteiger partial charge in [-0.25, -0.2) is 9.59 Å². The third-order valence-corrected chi connectivity index (χ3v) is 12.8. The van der Waals surface area contributed by atoms with Gasteiger partial charge < -0.3 is 41.0 Å². The molecule has 2 aliphatic rings. The Kier molecular flexibility index (Phi) is 20.7. The van der Waals surface area contributed by atoms with Crippen LogP contribution in [0.15, 0.2) is 42.6 Å². The lowest BCUT2D eigenvalue weighted by atomic mass is 9.84. The van der Waals surface area contributed by atoms with Crippen LogP contribution in [0.4, 0.5) is 0 Å². The van der Waals surface area contributed by atoms with Crippen LogP contribution >= 0.6 is 0 Å². The zero-order valence-corrected chi connectivity index (χ0v) is 39.3. The van der Waals surface area contributed by atoms with Crippen molar-refractivity contribution in [1.82, 2.24) is 31.2 Å². The molecule has 1 aromatic carbocycles. The van der Waals surface area contributed by atoms with Crippen molar-refractivity contribution in [3.63, 3.8) is 0 Å². The molecule has 17 nitrogen and oxygen atoms in total. The number of ketones is 3. The highest BCUT2D eigenvalue weighted by Crippen LogP contribution is 2.26. The molecule has 2 fully saturated rings. The number of ether oxygens (including phenoxy) is 1. The van der Waals surface area contributed by atoms with Gasteiger partial charge in [-0.05, 0) is 62.0 Å². The van der Waals surface area contributed by atoms with E-state index < -0.39 is 77.6 Å². The molecule has 0 aliphatic carbocycles. The van der Waals surface area contributed by atoms with E-state index in [4.69, 9.17) is 0 Å². The Bertz CT molecular complexity index is 2080. The fourth-order valence-electron chi connectivity index (χ4n) is 8.76. The number of aromatic amines is 1. The number of nitrogens with zero attached hydrogens (tertiary/aromatic N) is 1. The maximum absolute atomic E-state index is 14.4. The fraction of sp³-hybridized carbons (Fsp3) is 0.612. The number of hydrogen-bond acceptors (Lipinski definition) is 11. The predicted molar refractivity (Wildman–Crippen MR) is 247 cm³/mol. The summed E-state index contributed by atoms with van der Waals surface area (Å²) < 4.78 is 4.65. The molecule has 2 saturated heterocycles. The summed E-state index contributed by atoms with van der Waals surface area (Å²) in [5, 5.41) is 22.3. The molecule has 362 valence electrons. The topological polar surface area (TPSA) is 250 Å². The average Bonchev–Trinajstić information content (AvgIpc) is 4.07. The van der Waals surface area contributed by atoms with Crippen LogP contribution in [0.5, 0.6) is 0 Å². The van der Waals surface area contributed by atoms with Crippen molar-refractivity contribution in [2.45, 2.75) is 148 Å². The third-order valence-electron chi connectivity index (χ3n) is 12.8. The van der Waals surface area contributed by atoms with Gasteiger partial charge in [-0.2, -0.15) is 0 Å². The van der Waals surface area contributed by atoms with E-state index >= 15 is 0 Å². The molecule has 1 aromatic heterocycles. The van der Waals surface area contributed by atoms with Crippen molar-refractivity contribution < 1.29 is 53.0 Å². The molecule has 0 spiro atoms. The number of allylic oxidation sites excluding steroid dienone is 1. The molecule has 4 rings (SSSR count). The zero-order chi connectivity index (χ0) is 48.5. The summed E-state index contributed by atoms with van der Waals surface area (Å²) in [7, 11) is 1.24. The number of para-hydroxylation sites is 1. The summed E-state index contributed by atoms with van der Waals surface area (Å²) in [6.07, 6.45) is 7.71. The van der Waals surface area contributed by atoms with Gasteiger partial charge >= 0.3 is 11.9 Å². The average molecular weight is 919 g/mol. The highest BCUT2D eigenvalue weighted by atomic mass is 16.5. The number of H-pyrrole nitrogens is 1. The number of esters is 1. The Balaban J connectivity index is 1.49. The second kappa shape index (κ2) is 25.8. The van der Waals surface area contributed by atoms with Crippen molar-refractivity contribution >= 4 is 63.8 Å². The largest absolute Gasteiger partial charge is 0.480 e. The molecule has 2 aliphatic heterocycles. The lowest BCUT2D eigenvalue weighted by Gasteiger charge is -2.32. The highest BCUT2D eigenvalue weighted by molar-refractivity contribution is 5.98. The van der Waals surface area contributed by atoms with Crippen LogP contribution in [0, 0.1) is 23.7 Å². The molecule has 8 atom stereocenters. The van der Waals surface area contributed by atoms with Crippen LogP contribution in [-0.2, 0) is 54.3 Å². The smallest absolute Gasteiger partial charge is 0.330 e. The number of methoxy groups -OCH3 is 1. The first-order chi connectivity index (χ1) is 31.5. The molecule has 6 N–H and O–H groups in total. The molecule has 4 amide bonds. The minimum atomic E-state index is -1.26. The Hall–Kier alpha value is -5.71. The van der Waals surface area contributed by atoms with E-state index in [9.17, 15) is 48.3 Å². The van der Waals surface area contributed by atoms with Gasteiger partial charge in [0.05, 0.1) is 25.7 Å². The van der Waals surface area contributed by atoms with Crippen molar-refractivity contribution in [3.8, 4) is 0 Å². The first-order valence-corrected chi connectivity index (χ1v) is 23.5. The Morgan fingerprint density at radius 1 is 0.939 bits per heavy atom. The van der Waals surface area contributed by atoms with E-state index in [0.717, 1.165) is 16.5 Å². The SMILES string of the molecule is CCCC[C@H](NC(=O)[C@H](CC/C=C/C(=O)OC)CC(=O)[C@@H]1CC(=O)CN1)C(=O)C[C@H](C(=O)N[C@@H](CC(C)C)C(=O)N1CCC[C@H]1C(=O)N[C@@H](Cc1c[nH]c2ccccc12)C(=O)O)C(C)CC. The number of nitrogens with one attached hydrogen (secondary N) is 5. The van der Waals surface area contributed by atoms with Crippen molar-refractivity contribution in [2.24, 2.45) is 23.7 Å². The zero-order valence-electron chi connectivity index (χ0n) is 39.3. The number of carboxylic acids is 1. The van der Waals surface area contributed by atoms with Crippen molar-refractivity contribution in [1.29, 1.82) is 0 Å². The van der Waals surface area contributed by atoms with Gasteiger partial charge in [0, 0.05) is 67.2 Å². The summed E-state index contributed by atoms with van der Waals surface area (Å²) in [6.45, 7) is 9.79. The van der Waals surface area contributed by atoms with Crippen molar-refractivity contribution in [2.75, 3.05) is 20.2 Å². The van der Waals surface area contributed by atoms with E-state index in [2.05, 4.69) is 31.0 Å². The van der Waals surface area contributed by atoms with Crippen LogP contribution in [0.1, 0.15) is 117 Å². The molecular formula is C49H70N6O11. The molecule has 0 radical (unpaired) electrons. The number of Topliss-reactive ketones (excluding diaryl/α,β-unsaturated/α-hetero) is 3. The molecular weight excluding hydrogens is 849 g/mol. The maximum Gasteiger partial charge on any atom is 0.330 e. The number of unbranched alkanes of at least 4 members (excludes halogenated alkanes) is 1. The number of hydrogen-bond donors (Lipinski definition) is 6. The summed E-state index contributed by atoms with van der Waals surface area (Å²) >= 11 is 0. The number of amides is 4. The summed E-state index contributed by atoms with van der Waals surface area (Å²) in [6, 6.07) is 2.51. The fourth-order valence-corrected chi connectivity index (χ4v) is 8.76. The van der Waals surface area contributed by atoms with Gasteiger partial charge in [-0.15, -0.1) is 0 Å². The number of carboxylic acid groups (broad SMARTS) is 1. The van der Waals surface area contributed by atoms with Gasteiger partial charge in [0.2, 0.25) is 23.6 Å². The van der Waals surface area contributed by atoms with Crippen LogP contribution in [0.3, 0.4) is 0 Å². The number of aromatic nitrogens is 1. The van der Waals surface area contributed by atoms with Crippen LogP contribution in [0.25, 0.3) is 10.9 Å². The van der Waals surface area contributed by atoms with Gasteiger partial charge in [0.15, 0.2) is 11.6 Å². The summed E-state index contributed by atoms with van der Waals surface area (Å²) in [4.78, 5) is 125. The molecule has 66 heavy (non-hydrogen) atoms. The summed E-state index contributed by atoms with van der Waals surface area (Å²) in [5.41, 5.74) is 1.56. The normalized spacial score (nSPS) is 19.0. The van der Waals surface area contributed by atoms with E-state index in [1.54, 1.807) is 12.3 Å². The van der Waals surface area contributed by atoms with Gasteiger partial charge in [0.1, 0.15) is 23.9 Å². The maximum atomic E-state index is 14.4. The number of fused-ring (bicyclic) bond motifs is 1. The highest BCUT2D eigenvalue weighted by Gasteiger charge is 2.41. The number of likely N-dealkylation sites (tertiary alicyclic amines) is 1. The Labute approximate surface area is 387 Å². The molecule has 3 heterocycles. The molecule has 0 bridgehead atoms. The number of carbonyl (C=O) groups excluding carboxylic acids is 8. The second-order valence-corrected chi connectivity index (χ2v) is 18.3. The van der Waals surface area contributed by atoms with Crippen LogP contribution < -0.4 is 21.3 Å². The van der Waals surface area contributed by atoms with Crippen molar-refractivity contribution in [3.05, 3.63) is 48.2 Å². The van der Waals surface area contributed by atoms with E-state index in [1.165, 1.54) is 18.1 Å². The van der Waals surface area contributed by atoms with Crippen LogP contribution in [0.2, 0.25) is 0 Å². The minimum Gasteiger partial charge on any atom is -0.480 e. The lowest BCUT2D eigenvalue weighted by molar-refractivity contribution is -0.145. The molecule has 1 unspecified atom stereocenters. The number of aliphatic carboxylic acids is 1. The number of carbonyl (C=O) groups is 9. The quantitative estimate of drug-likeness (QED) is 0.0548. The van der Waals surface area contributed by atoms with E-state index in [0.29, 0.717) is 32.1 Å². The van der Waals surface area contributed by atoms with E-state index in [-0.39, 0.29) is 93.6 Å². The first kappa shape index (κ1) is 52.9. The number of rotatable bonds is 27. The Morgan fingerprint density at radius 2 is 1.67 bits per heavy atom. The first-order valence-electron chi connectivity index (χ1n) is 23.5. The third kappa shape index (κ3) is 15.2. The lowest BCUT2D eigenvalue weighted by Crippen LogP contribution is -2.56. The van der Waals surface area contributed by atoms with Crippen LogP contribution in [-0.4, -0.2) is 118 Å². The van der Waals surface area contributed by atoms with E-state index in [1.807, 2.05) is 58.9 Å². The predicted octanol–water partition coefficient (Wildman–Crippen LogP) is 4.11. The van der Waals surface area contributed by atoms with Gasteiger partial charge in [-0.1, -0.05) is 78.2 Å². The number of benzene rings is 1. The summed E-state index contributed by atoms with van der Waals surface area (Å²) in [5.74, 6) is -6.81. The second-order valence-electron chi connectivity index (χ2n) is 18.3. The monoisotopic (exact) mass is 919 g/mol. The molecule has 17 heteroatoms.